The van der Waals surface area contributed by atoms with Gasteiger partial charge < -0.3 is 25.4 Å². The summed E-state index contributed by atoms with van der Waals surface area (Å²) in [6, 6.07) is 7.80. The van der Waals surface area contributed by atoms with E-state index in [9.17, 15) is 18.4 Å². The summed E-state index contributed by atoms with van der Waals surface area (Å²) in [6.07, 6.45) is 1.49. The largest absolute Gasteiger partial charge is 0.497 e. The zero-order valence-corrected chi connectivity index (χ0v) is 17.1. The molecule has 2 fully saturated rings. The van der Waals surface area contributed by atoms with Crippen molar-refractivity contribution < 1.29 is 27.8 Å². The molecule has 2 aliphatic rings. The lowest BCUT2D eigenvalue weighted by Crippen LogP contribution is -2.50. The van der Waals surface area contributed by atoms with Crippen molar-refractivity contribution in [2.75, 3.05) is 20.8 Å². The summed E-state index contributed by atoms with van der Waals surface area (Å²) < 4.78 is 39.1. The standard InChI is InChI=1S/C22H23F2N3O4/c1-30-13-5-3-12(4-6-13)22(7-8-22)27-21(29)26-19-15(11-25-20(19)28)18-16(23)9-14(31-2)10-17(18)24/h3-6,9-10,15,19H,7-8,11H2,1-2H3,(H,25,28)(H2,26,27,29)/t15-,19-/m0/s1. The number of hydrogen-bond donors (Lipinski definition) is 3. The van der Waals surface area contributed by atoms with Crippen molar-refractivity contribution in [2.24, 2.45) is 0 Å². The number of urea groups is 1. The van der Waals surface area contributed by atoms with Crippen LogP contribution in [0.15, 0.2) is 36.4 Å². The van der Waals surface area contributed by atoms with E-state index in [1.165, 1.54) is 7.11 Å². The van der Waals surface area contributed by atoms with Gasteiger partial charge in [-0.1, -0.05) is 12.1 Å². The van der Waals surface area contributed by atoms with Gasteiger partial charge >= 0.3 is 6.03 Å². The van der Waals surface area contributed by atoms with Crippen LogP contribution in [-0.4, -0.2) is 38.7 Å². The third kappa shape index (κ3) is 3.99. The lowest BCUT2D eigenvalue weighted by molar-refractivity contribution is -0.120. The van der Waals surface area contributed by atoms with E-state index >= 15 is 0 Å². The average molecular weight is 431 g/mol. The maximum absolute atomic E-state index is 14.6. The molecule has 3 amide bonds. The van der Waals surface area contributed by atoms with E-state index in [1.807, 2.05) is 24.3 Å². The molecule has 2 aromatic rings. The maximum atomic E-state index is 14.6. The molecule has 3 N–H and O–H groups in total. The van der Waals surface area contributed by atoms with Gasteiger partial charge in [-0.15, -0.1) is 0 Å². The number of rotatable bonds is 6. The molecular formula is C22H23F2N3O4. The maximum Gasteiger partial charge on any atom is 0.316 e. The van der Waals surface area contributed by atoms with Crippen molar-refractivity contribution in [3.05, 3.63) is 59.2 Å². The molecule has 4 rings (SSSR count). The minimum absolute atomic E-state index is 0.00751. The van der Waals surface area contributed by atoms with Gasteiger partial charge in [0, 0.05) is 30.2 Å². The Morgan fingerprint density at radius 1 is 1.06 bits per heavy atom. The van der Waals surface area contributed by atoms with Crippen molar-refractivity contribution in [1.82, 2.24) is 16.0 Å². The lowest BCUT2D eigenvalue weighted by Gasteiger charge is -2.23. The highest BCUT2D eigenvalue weighted by Gasteiger charge is 2.47. The van der Waals surface area contributed by atoms with Gasteiger partial charge in [-0.05, 0) is 30.5 Å². The van der Waals surface area contributed by atoms with Crippen LogP contribution >= 0.6 is 0 Å². The van der Waals surface area contributed by atoms with Crippen LogP contribution in [0, 0.1) is 11.6 Å². The van der Waals surface area contributed by atoms with Crippen LogP contribution in [-0.2, 0) is 10.3 Å². The van der Waals surface area contributed by atoms with Crippen molar-refractivity contribution in [3.63, 3.8) is 0 Å². The molecule has 7 nitrogen and oxygen atoms in total. The van der Waals surface area contributed by atoms with Crippen LogP contribution in [0.1, 0.15) is 29.9 Å². The van der Waals surface area contributed by atoms with Gasteiger partial charge in [0.05, 0.1) is 19.8 Å². The fraction of sp³-hybridized carbons (Fsp3) is 0.364. The normalized spacial score (nSPS) is 21.2. The average Bonchev–Trinajstić information content (AvgIpc) is 3.46. The van der Waals surface area contributed by atoms with Crippen molar-refractivity contribution in [3.8, 4) is 11.5 Å². The first-order chi connectivity index (χ1) is 14.9. The van der Waals surface area contributed by atoms with E-state index in [0.29, 0.717) is 5.75 Å². The summed E-state index contributed by atoms with van der Waals surface area (Å²) in [5, 5.41) is 8.08. The summed E-state index contributed by atoms with van der Waals surface area (Å²) >= 11 is 0. The third-order valence-corrected chi connectivity index (χ3v) is 5.87. The fourth-order valence-corrected chi connectivity index (χ4v) is 4.00. The SMILES string of the molecule is COc1ccc(C2(NC(=O)N[C@@H]3C(=O)NC[C@H]3c3c(F)cc(OC)cc3F)CC2)cc1. The first-order valence-corrected chi connectivity index (χ1v) is 9.91. The molecule has 1 aliphatic heterocycles. The molecule has 1 saturated heterocycles. The minimum Gasteiger partial charge on any atom is -0.497 e. The Morgan fingerprint density at radius 2 is 1.68 bits per heavy atom. The van der Waals surface area contributed by atoms with Crippen molar-refractivity contribution in [2.45, 2.75) is 30.3 Å². The summed E-state index contributed by atoms with van der Waals surface area (Å²) in [5.74, 6) is -2.30. The molecule has 1 saturated carbocycles. The molecule has 0 spiro atoms. The molecule has 1 heterocycles. The van der Waals surface area contributed by atoms with Gasteiger partial charge in [0.2, 0.25) is 5.91 Å². The number of halogens is 2. The zero-order valence-electron chi connectivity index (χ0n) is 17.1. The fourth-order valence-electron chi connectivity index (χ4n) is 4.00. The van der Waals surface area contributed by atoms with Gasteiger partial charge in [0.25, 0.3) is 0 Å². The molecule has 9 heteroatoms. The second-order valence-electron chi connectivity index (χ2n) is 7.74. The summed E-state index contributed by atoms with van der Waals surface area (Å²) in [6.45, 7) is 0.00751. The second-order valence-corrected chi connectivity index (χ2v) is 7.74. The van der Waals surface area contributed by atoms with Gasteiger partial charge in [0.1, 0.15) is 29.2 Å². The number of benzene rings is 2. The Morgan fingerprint density at radius 3 is 2.23 bits per heavy atom. The number of carbonyl (C=O) groups excluding carboxylic acids is 2. The van der Waals surface area contributed by atoms with Gasteiger partial charge in [-0.2, -0.15) is 0 Å². The molecule has 2 aromatic carbocycles. The third-order valence-electron chi connectivity index (χ3n) is 5.87. The molecular weight excluding hydrogens is 408 g/mol. The van der Waals surface area contributed by atoms with Gasteiger partial charge in [-0.3, -0.25) is 4.79 Å². The first kappa shape index (κ1) is 20.9. The number of hydrogen-bond acceptors (Lipinski definition) is 4. The predicted octanol–water partition coefficient (Wildman–Crippen LogP) is 2.55. The predicted molar refractivity (Wildman–Crippen MR) is 108 cm³/mol. The molecule has 2 atom stereocenters. The highest BCUT2D eigenvalue weighted by molar-refractivity contribution is 5.90. The van der Waals surface area contributed by atoms with Crippen molar-refractivity contribution >= 4 is 11.9 Å². The van der Waals surface area contributed by atoms with Crippen LogP contribution in [0.5, 0.6) is 11.5 Å². The topological polar surface area (TPSA) is 88.7 Å². The van der Waals surface area contributed by atoms with Crippen LogP contribution in [0.2, 0.25) is 0 Å². The molecule has 0 unspecified atom stereocenters. The van der Waals surface area contributed by atoms with Crippen LogP contribution < -0.4 is 25.4 Å². The Balaban J connectivity index is 1.50. The monoisotopic (exact) mass is 431 g/mol. The smallest absolute Gasteiger partial charge is 0.316 e. The summed E-state index contributed by atoms with van der Waals surface area (Å²) in [7, 11) is 2.88. The Bertz CT molecular complexity index is 985. The summed E-state index contributed by atoms with van der Waals surface area (Å²) in [5.41, 5.74) is 0.126. The van der Waals surface area contributed by atoms with Crippen LogP contribution in [0.4, 0.5) is 13.6 Å². The zero-order chi connectivity index (χ0) is 22.2. The number of carbonyl (C=O) groups is 2. The van der Waals surface area contributed by atoms with Gasteiger partial charge in [-0.25, -0.2) is 13.6 Å². The Hall–Kier alpha value is -3.36. The van der Waals surface area contributed by atoms with Crippen LogP contribution in [0.3, 0.4) is 0 Å². The van der Waals surface area contributed by atoms with E-state index in [2.05, 4.69) is 16.0 Å². The molecule has 0 bridgehead atoms. The van der Waals surface area contributed by atoms with Crippen LogP contribution in [0.25, 0.3) is 0 Å². The molecule has 1 aliphatic carbocycles. The number of amides is 3. The van der Waals surface area contributed by atoms with E-state index in [1.54, 1.807) is 7.11 Å². The van der Waals surface area contributed by atoms with Crippen molar-refractivity contribution in [1.29, 1.82) is 0 Å². The van der Waals surface area contributed by atoms with E-state index in [4.69, 9.17) is 9.47 Å². The number of methoxy groups -OCH3 is 2. The highest BCUT2D eigenvalue weighted by atomic mass is 19.1. The minimum atomic E-state index is -1.11. The molecule has 0 aromatic heterocycles. The van der Waals surface area contributed by atoms with E-state index in [-0.39, 0.29) is 17.9 Å². The second kappa shape index (κ2) is 8.05. The Kier molecular flexibility index (Phi) is 5.43. The molecule has 31 heavy (non-hydrogen) atoms. The van der Waals surface area contributed by atoms with Gasteiger partial charge in [0.15, 0.2) is 0 Å². The quantitative estimate of drug-likeness (QED) is 0.656. The van der Waals surface area contributed by atoms with E-state index < -0.39 is 41.1 Å². The Labute approximate surface area is 178 Å². The first-order valence-electron chi connectivity index (χ1n) is 9.91. The lowest BCUT2D eigenvalue weighted by atomic mass is 9.92. The molecule has 0 radical (unpaired) electrons. The highest BCUT2D eigenvalue weighted by Crippen LogP contribution is 2.45. The number of nitrogens with one attached hydrogen (secondary N) is 3. The van der Waals surface area contributed by atoms with E-state index in [0.717, 1.165) is 30.5 Å². The molecule has 164 valence electrons. The number of ether oxygens (including phenoxy) is 2. The summed E-state index contributed by atoms with van der Waals surface area (Å²) in [4.78, 5) is 25.0.